The first kappa shape index (κ1) is 17.5. The van der Waals surface area contributed by atoms with E-state index in [9.17, 15) is 5.11 Å². The van der Waals surface area contributed by atoms with Crippen LogP contribution < -0.4 is 10.5 Å². The van der Waals surface area contributed by atoms with Crippen molar-refractivity contribution in [2.45, 2.75) is 17.0 Å². The van der Waals surface area contributed by atoms with E-state index in [4.69, 9.17) is 10.5 Å². The Hall–Kier alpha value is -1.36. The van der Waals surface area contributed by atoms with E-state index in [0.29, 0.717) is 27.7 Å². The minimum absolute atomic E-state index is 0.0989. The van der Waals surface area contributed by atoms with Crippen LogP contribution in [0.5, 0.6) is 11.5 Å². The molecule has 0 fully saturated rings. The van der Waals surface area contributed by atoms with E-state index < -0.39 is 0 Å². The minimum atomic E-state index is 0.0989. The third kappa shape index (κ3) is 4.00. The first-order chi connectivity index (χ1) is 11.6. The molecule has 24 heavy (non-hydrogen) atoms. The minimum Gasteiger partial charge on any atom is -0.503 e. The SMILES string of the molecule is CCOc1cc(-c2nc(CSc3nnc(N)s3)cs2)cc(Br)c1O. The molecule has 3 N–H and O–H groups in total. The molecular weight excluding hydrogens is 432 g/mol. The van der Waals surface area contributed by atoms with Crippen molar-refractivity contribution in [2.75, 3.05) is 12.3 Å². The van der Waals surface area contributed by atoms with E-state index in [1.807, 2.05) is 18.4 Å². The molecule has 0 radical (unpaired) electrons. The second-order valence-electron chi connectivity index (χ2n) is 4.58. The normalized spacial score (nSPS) is 10.9. The smallest absolute Gasteiger partial charge is 0.203 e. The van der Waals surface area contributed by atoms with Gasteiger partial charge in [0.05, 0.1) is 16.8 Å². The maximum Gasteiger partial charge on any atom is 0.203 e. The van der Waals surface area contributed by atoms with Crippen LogP contribution in [0.4, 0.5) is 5.13 Å². The van der Waals surface area contributed by atoms with Crippen LogP contribution >= 0.6 is 50.4 Å². The summed E-state index contributed by atoms with van der Waals surface area (Å²) in [6, 6.07) is 3.63. The molecule has 6 nitrogen and oxygen atoms in total. The lowest BCUT2D eigenvalue weighted by Crippen LogP contribution is -1.93. The van der Waals surface area contributed by atoms with Crippen molar-refractivity contribution in [3.63, 3.8) is 0 Å². The maximum atomic E-state index is 10.0. The highest BCUT2D eigenvalue weighted by molar-refractivity contribution is 9.10. The van der Waals surface area contributed by atoms with Crippen LogP contribution in [0.1, 0.15) is 12.6 Å². The summed E-state index contributed by atoms with van der Waals surface area (Å²) in [5.41, 5.74) is 7.42. The molecule has 0 bridgehead atoms. The van der Waals surface area contributed by atoms with Crippen LogP contribution in [0, 0.1) is 0 Å². The third-order valence-electron chi connectivity index (χ3n) is 2.89. The number of nitrogens with two attached hydrogens (primary N) is 1. The monoisotopic (exact) mass is 444 g/mol. The number of thioether (sulfide) groups is 1. The van der Waals surface area contributed by atoms with Gasteiger partial charge in [0.2, 0.25) is 5.13 Å². The van der Waals surface area contributed by atoms with Gasteiger partial charge < -0.3 is 15.6 Å². The molecule has 3 rings (SSSR count). The molecule has 0 spiro atoms. The van der Waals surface area contributed by atoms with Crippen LogP contribution in [0.25, 0.3) is 10.6 Å². The van der Waals surface area contributed by atoms with Crippen molar-refractivity contribution >= 4 is 55.5 Å². The number of aromatic nitrogens is 3. The fourth-order valence-electron chi connectivity index (χ4n) is 1.88. The van der Waals surface area contributed by atoms with Gasteiger partial charge >= 0.3 is 0 Å². The van der Waals surface area contributed by atoms with Crippen molar-refractivity contribution in [1.82, 2.24) is 15.2 Å². The number of phenolic OH excluding ortho intramolecular Hbond substituents is 1. The molecule has 10 heteroatoms. The zero-order valence-corrected chi connectivity index (χ0v) is 16.6. The van der Waals surface area contributed by atoms with Crippen molar-refractivity contribution in [3.05, 3.63) is 27.7 Å². The van der Waals surface area contributed by atoms with E-state index in [-0.39, 0.29) is 5.75 Å². The van der Waals surface area contributed by atoms with Crippen LogP contribution in [-0.4, -0.2) is 26.9 Å². The van der Waals surface area contributed by atoms with Gasteiger partial charge in [-0.2, -0.15) is 0 Å². The summed E-state index contributed by atoms with van der Waals surface area (Å²) in [6.07, 6.45) is 0. The van der Waals surface area contributed by atoms with E-state index in [1.165, 1.54) is 11.3 Å². The lowest BCUT2D eigenvalue weighted by Gasteiger charge is -2.09. The molecule has 0 unspecified atom stereocenters. The summed E-state index contributed by atoms with van der Waals surface area (Å²) >= 11 is 7.82. The number of phenols is 1. The first-order valence-corrected chi connectivity index (χ1v) is 10.4. The highest BCUT2D eigenvalue weighted by atomic mass is 79.9. The number of benzene rings is 1. The average molecular weight is 445 g/mol. The van der Waals surface area contributed by atoms with Crippen molar-refractivity contribution in [1.29, 1.82) is 0 Å². The molecule has 0 saturated heterocycles. The van der Waals surface area contributed by atoms with Crippen molar-refractivity contribution < 1.29 is 9.84 Å². The number of halogens is 1. The van der Waals surface area contributed by atoms with Gasteiger partial charge in [-0.05, 0) is 35.0 Å². The number of nitrogen functional groups attached to an aromatic ring is 1. The summed E-state index contributed by atoms with van der Waals surface area (Å²) < 4.78 is 6.87. The molecule has 3 aromatic rings. The molecule has 0 aliphatic rings. The number of hydrogen-bond acceptors (Lipinski definition) is 9. The van der Waals surface area contributed by atoms with Crippen LogP contribution in [0.3, 0.4) is 0 Å². The Kier molecular flexibility index (Phi) is 5.59. The van der Waals surface area contributed by atoms with Gasteiger partial charge in [0.25, 0.3) is 0 Å². The standard InChI is InChI=1S/C14H13BrN4O2S3/c1-2-21-10-4-7(3-9(15)11(10)20)12-17-8(5-22-12)6-23-14-19-18-13(16)24-14/h3-5,20H,2,6H2,1H3,(H2,16,18). The Morgan fingerprint density at radius 2 is 2.21 bits per heavy atom. The number of hydrogen-bond donors (Lipinski definition) is 2. The van der Waals surface area contributed by atoms with Gasteiger partial charge in [-0.3, -0.25) is 0 Å². The number of nitrogens with zero attached hydrogens (tertiary/aromatic N) is 3. The topological polar surface area (TPSA) is 94.2 Å². The van der Waals surface area contributed by atoms with Gasteiger partial charge in [0, 0.05) is 16.7 Å². The molecule has 0 aliphatic carbocycles. The lowest BCUT2D eigenvalue weighted by molar-refractivity contribution is 0.317. The largest absolute Gasteiger partial charge is 0.503 e. The number of thiazole rings is 1. The van der Waals surface area contributed by atoms with E-state index in [1.54, 1.807) is 29.2 Å². The zero-order valence-electron chi connectivity index (χ0n) is 12.5. The number of aromatic hydroxyl groups is 1. The molecule has 2 heterocycles. The summed E-state index contributed by atoms with van der Waals surface area (Å²) in [4.78, 5) is 4.64. The van der Waals surface area contributed by atoms with Gasteiger partial charge in [0.15, 0.2) is 15.8 Å². The predicted molar refractivity (Wildman–Crippen MR) is 102 cm³/mol. The second kappa shape index (κ2) is 7.68. The zero-order chi connectivity index (χ0) is 17.1. The third-order valence-corrected chi connectivity index (χ3v) is 6.36. The van der Waals surface area contributed by atoms with E-state index >= 15 is 0 Å². The summed E-state index contributed by atoms with van der Waals surface area (Å²) in [5.74, 6) is 1.24. The number of ether oxygens (including phenoxy) is 1. The summed E-state index contributed by atoms with van der Waals surface area (Å²) in [6.45, 7) is 2.35. The Bertz CT molecular complexity index is 852. The van der Waals surface area contributed by atoms with Gasteiger partial charge in [0.1, 0.15) is 5.01 Å². The average Bonchev–Trinajstić information content (AvgIpc) is 3.19. The Morgan fingerprint density at radius 1 is 1.38 bits per heavy atom. The Balaban J connectivity index is 1.77. The van der Waals surface area contributed by atoms with Crippen LogP contribution in [-0.2, 0) is 5.75 Å². The Morgan fingerprint density at radius 3 is 2.92 bits per heavy atom. The molecule has 0 aliphatic heterocycles. The van der Waals surface area contributed by atoms with Crippen molar-refractivity contribution in [2.24, 2.45) is 0 Å². The maximum absolute atomic E-state index is 10.0. The number of anilines is 1. The second-order valence-corrected chi connectivity index (χ2v) is 8.52. The fourth-order valence-corrected chi connectivity index (χ4v) is 4.77. The fraction of sp³-hybridized carbons (Fsp3) is 0.214. The molecule has 1 aromatic carbocycles. The molecule has 0 atom stereocenters. The van der Waals surface area contributed by atoms with E-state index in [2.05, 4.69) is 31.1 Å². The Labute approximate surface area is 159 Å². The molecule has 2 aromatic heterocycles. The quantitative estimate of drug-likeness (QED) is 0.543. The van der Waals surface area contributed by atoms with Crippen molar-refractivity contribution in [3.8, 4) is 22.1 Å². The highest BCUT2D eigenvalue weighted by Gasteiger charge is 2.13. The van der Waals surface area contributed by atoms with Gasteiger partial charge in [-0.1, -0.05) is 23.1 Å². The van der Waals surface area contributed by atoms with Crippen LogP contribution in [0.15, 0.2) is 26.3 Å². The van der Waals surface area contributed by atoms with Gasteiger partial charge in [-0.25, -0.2) is 4.98 Å². The predicted octanol–water partition coefficient (Wildman–Crippen LogP) is 4.40. The summed E-state index contributed by atoms with van der Waals surface area (Å²) in [5, 5.41) is 21.1. The lowest BCUT2D eigenvalue weighted by atomic mass is 10.2. The summed E-state index contributed by atoms with van der Waals surface area (Å²) in [7, 11) is 0. The highest BCUT2D eigenvalue weighted by Crippen LogP contribution is 2.39. The molecule has 0 saturated carbocycles. The number of rotatable bonds is 6. The molecular formula is C14H13BrN4O2S3. The molecule has 0 amide bonds. The van der Waals surface area contributed by atoms with E-state index in [0.717, 1.165) is 20.6 Å². The van der Waals surface area contributed by atoms with Gasteiger partial charge in [-0.15, -0.1) is 21.5 Å². The first-order valence-electron chi connectivity index (χ1n) is 6.88. The van der Waals surface area contributed by atoms with Crippen LogP contribution in [0.2, 0.25) is 0 Å². The molecule has 126 valence electrons.